The van der Waals surface area contributed by atoms with Gasteiger partial charge in [0, 0.05) is 5.02 Å². The van der Waals surface area contributed by atoms with E-state index in [0.29, 0.717) is 16.5 Å². The van der Waals surface area contributed by atoms with Gasteiger partial charge >= 0.3 is 5.97 Å². The summed E-state index contributed by atoms with van der Waals surface area (Å²) in [6, 6.07) is 12.8. The van der Waals surface area contributed by atoms with Crippen LogP contribution in [0.3, 0.4) is 0 Å². The first-order valence-electron chi connectivity index (χ1n) is 6.75. The van der Waals surface area contributed by atoms with Crippen molar-refractivity contribution in [3.8, 4) is 11.5 Å². The van der Waals surface area contributed by atoms with E-state index < -0.39 is 0 Å². The number of esters is 1. The quantitative estimate of drug-likeness (QED) is 0.617. The van der Waals surface area contributed by atoms with Gasteiger partial charge in [0.2, 0.25) is 0 Å². The van der Waals surface area contributed by atoms with Gasteiger partial charge in [-0.1, -0.05) is 42.8 Å². The van der Waals surface area contributed by atoms with Gasteiger partial charge in [-0.3, -0.25) is 4.79 Å². The lowest BCUT2D eigenvalue weighted by Crippen LogP contribution is -2.12. The molecule has 2 rings (SSSR count). The van der Waals surface area contributed by atoms with E-state index >= 15 is 0 Å². The number of benzene rings is 2. The summed E-state index contributed by atoms with van der Waals surface area (Å²) in [5.74, 6) is 0.610. The van der Waals surface area contributed by atoms with Gasteiger partial charge in [0.25, 0.3) is 0 Å². The van der Waals surface area contributed by atoms with Crippen LogP contribution in [0.4, 0.5) is 0 Å². The zero-order valence-electron chi connectivity index (χ0n) is 12.1. The van der Waals surface area contributed by atoms with Crippen molar-refractivity contribution < 1.29 is 14.3 Å². The minimum atomic E-state index is -0.370. The minimum Gasteiger partial charge on any atom is -0.493 e. The Morgan fingerprint density at radius 3 is 2.57 bits per heavy atom. The van der Waals surface area contributed by atoms with Gasteiger partial charge < -0.3 is 9.47 Å². The van der Waals surface area contributed by atoms with E-state index in [1.807, 2.05) is 24.3 Å². The first-order valence-corrected chi connectivity index (χ1v) is 7.12. The maximum absolute atomic E-state index is 12.0. The maximum atomic E-state index is 12.0. The fourth-order valence-electron chi connectivity index (χ4n) is 1.97. The molecule has 3 nitrogen and oxygen atoms in total. The molecule has 0 aromatic heterocycles. The summed E-state index contributed by atoms with van der Waals surface area (Å²) >= 11 is 6.04. The Bertz CT molecular complexity index is 638. The number of rotatable bonds is 5. The van der Waals surface area contributed by atoms with Gasteiger partial charge in [-0.2, -0.15) is 0 Å². The SMILES string of the molecule is CCc1ccc(OC(=O)Cc2ccccc2Cl)c(OC)c1. The third-order valence-corrected chi connectivity index (χ3v) is 3.52. The van der Waals surface area contributed by atoms with Gasteiger partial charge in [-0.25, -0.2) is 0 Å². The molecular weight excluding hydrogens is 288 g/mol. The van der Waals surface area contributed by atoms with Crippen LogP contribution in [0.5, 0.6) is 11.5 Å². The van der Waals surface area contributed by atoms with E-state index in [-0.39, 0.29) is 12.4 Å². The molecule has 0 fully saturated rings. The molecule has 2 aromatic rings. The Balaban J connectivity index is 2.11. The Labute approximate surface area is 129 Å². The number of ether oxygens (including phenoxy) is 2. The summed E-state index contributed by atoms with van der Waals surface area (Å²) in [5.41, 5.74) is 1.87. The average Bonchev–Trinajstić information content (AvgIpc) is 2.50. The molecule has 0 radical (unpaired) electrons. The third kappa shape index (κ3) is 3.99. The van der Waals surface area contributed by atoms with Crippen molar-refractivity contribution >= 4 is 17.6 Å². The highest BCUT2D eigenvalue weighted by Crippen LogP contribution is 2.29. The molecule has 0 spiro atoms. The molecule has 0 aliphatic heterocycles. The third-order valence-electron chi connectivity index (χ3n) is 3.15. The molecule has 0 N–H and O–H groups in total. The van der Waals surface area contributed by atoms with Crippen LogP contribution in [0.25, 0.3) is 0 Å². The lowest BCUT2D eigenvalue weighted by molar-refractivity contribution is -0.133. The molecule has 0 bridgehead atoms. The molecule has 0 unspecified atom stereocenters. The Hall–Kier alpha value is -2.00. The van der Waals surface area contributed by atoms with Crippen molar-refractivity contribution in [2.75, 3.05) is 7.11 Å². The number of hydrogen-bond acceptors (Lipinski definition) is 3. The van der Waals surface area contributed by atoms with Gasteiger partial charge in [0.1, 0.15) is 0 Å². The summed E-state index contributed by atoms with van der Waals surface area (Å²) in [4.78, 5) is 12.0. The number of methoxy groups -OCH3 is 1. The van der Waals surface area contributed by atoms with Crippen molar-refractivity contribution in [1.29, 1.82) is 0 Å². The van der Waals surface area contributed by atoms with Crippen LogP contribution in [0.1, 0.15) is 18.1 Å². The summed E-state index contributed by atoms with van der Waals surface area (Å²) in [6.07, 6.45) is 1.02. The highest BCUT2D eigenvalue weighted by atomic mass is 35.5. The lowest BCUT2D eigenvalue weighted by Gasteiger charge is -2.11. The maximum Gasteiger partial charge on any atom is 0.315 e. The van der Waals surface area contributed by atoms with Crippen molar-refractivity contribution in [2.24, 2.45) is 0 Å². The highest BCUT2D eigenvalue weighted by Gasteiger charge is 2.12. The Kier molecular flexibility index (Phi) is 5.23. The standard InChI is InChI=1S/C17H17ClO3/c1-3-12-8-9-15(16(10-12)20-2)21-17(19)11-13-6-4-5-7-14(13)18/h4-10H,3,11H2,1-2H3. The van der Waals surface area contributed by atoms with Crippen LogP contribution in [0.2, 0.25) is 5.02 Å². The first kappa shape index (κ1) is 15.4. The summed E-state index contributed by atoms with van der Waals surface area (Å²) in [5, 5.41) is 0.558. The molecule has 0 heterocycles. The predicted octanol–water partition coefficient (Wildman–Crippen LogP) is 4.06. The Morgan fingerprint density at radius 1 is 1.14 bits per heavy atom. The monoisotopic (exact) mass is 304 g/mol. The summed E-state index contributed by atoms with van der Waals surface area (Å²) in [7, 11) is 1.56. The molecule has 2 aromatic carbocycles. The topological polar surface area (TPSA) is 35.5 Å². The number of hydrogen-bond donors (Lipinski definition) is 0. The van der Waals surface area contributed by atoms with Gasteiger partial charge in [0.05, 0.1) is 13.5 Å². The van der Waals surface area contributed by atoms with E-state index in [1.165, 1.54) is 0 Å². The molecular formula is C17H17ClO3. The Morgan fingerprint density at radius 2 is 1.90 bits per heavy atom. The normalized spacial score (nSPS) is 10.2. The van der Waals surface area contributed by atoms with E-state index in [1.54, 1.807) is 25.3 Å². The number of aryl methyl sites for hydroxylation is 1. The van der Waals surface area contributed by atoms with Gasteiger partial charge in [0.15, 0.2) is 11.5 Å². The minimum absolute atomic E-state index is 0.123. The van der Waals surface area contributed by atoms with E-state index in [2.05, 4.69) is 6.92 Å². The van der Waals surface area contributed by atoms with E-state index in [4.69, 9.17) is 21.1 Å². The fourth-order valence-corrected chi connectivity index (χ4v) is 2.17. The molecule has 4 heteroatoms. The van der Waals surface area contributed by atoms with Gasteiger partial charge in [-0.05, 0) is 35.7 Å². The number of carbonyl (C=O) groups excluding carboxylic acids is 1. The van der Waals surface area contributed by atoms with Crippen LogP contribution >= 0.6 is 11.6 Å². The first-order chi connectivity index (χ1) is 10.1. The second kappa shape index (κ2) is 7.14. The van der Waals surface area contributed by atoms with Crippen LogP contribution in [-0.4, -0.2) is 13.1 Å². The molecule has 0 saturated heterocycles. The molecule has 21 heavy (non-hydrogen) atoms. The molecule has 110 valence electrons. The fraction of sp³-hybridized carbons (Fsp3) is 0.235. The average molecular weight is 305 g/mol. The summed E-state index contributed by atoms with van der Waals surface area (Å²) in [6.45, 7) is 2.05. The second-order valence-corrected chi connectivity index (χ2v) is 4.99. The second-order valence-electron chi connectivity index (χ2n) is 4.58. The lowest BCUT2D eigenvalue weighted by atomic mass is 10.1. The number of carbonyl (C=O) groups is 1. The summed E-state index contributed by atoms with van der Waals surface area (Å²) < 4.78 is 10.6. The molecule has 0 aliphatic carbocycles. The molecule has 0 saturated carbocycles. The van der Waals surface area contributed by atoms with Crippen LogP contribution in [-0.2, 0) is 17.6 Å². The van der Waals surface area contributed by atoms with Crippen molar-refractivity contribution in [3.05, 3.63) is 58.6 Å². The predicted molar refractivity (Wildman–Crippen MR) is 83.2 cm³/mol. The van der Waals surface area contributed by atoms with Crippen molar-refractivity contribution in [1.82, 2.24) is 0 Å². The molecule has 0 atom stereocenters. The molecule has 0 aliphatic rings. The van der Waals surface area contributed by atoms with Crippen molar-refractivity contribution in [3.63, 3.8) is 0 Å². The number of halogens is 1. The molecule has 0 amide bonds. The van der Waals surface area contributed by atoms with E-state index in [9.17, 15) is 4.79 Å². The van der Waals surface area contributed by atoms with Crippen LogP contribution in [0, 0.1) is 0 Å². The van der Waals surface area contributed by atoms with E-state index in [0.717, 1.165) is 17.5 Å². The highest BCUT2D eigenvalue weighted by molar-refractivity contribution is 6.31. The van der Waals surface area contributed by atoms with Crippen LogP contribution in [0.15, 0.2) is 42.5 Å². The van der Waals surface area contributed by atoms with Crippen molar-refractivity contribution in [2.45, 2.75) is 19.8 Å². The zero-order chi connectivity index (χ0) is 15.2. The van der Waals surface area contributed by atoms with Crippen LogP contribution < -0.4 is 9.47 Å². The van der Waals surface area contributed by atoms with Gasteiger partial charge in [-0.15, -0.1) is 0 Å². The zero-order valence-corrected chi connectivity index (χ0v) is 12.8. The largest absolute Gasteiger partial charge is 0.493 e. The smallest absolute Gasteiger partial charge is 0.315 e.